The Morgan fingerprint density at radius 1 is 1.00 bits per heavy atom. The van der Waals surface area contributed by atoms with Crippen molar-refractivity contribution in [3.8, 4) is 0 Å². The minimum Gasteiger partial charge on any atom is -0.379 e. The van der Waals surface area contributed by atoms with E-state index in [0.717, 1.165) is 65.1 Å². The van der Waals surface area contributed by atoms with Crippen LogP contribution in [0.25, 0.3) is 0 Å². The summed E-state index contributed by atoms with van der Waals surface area (Å²) in [5.41, 5.74) is 0.735. The molecule has 3 fully saturated rings. The molecule has 6 heteroatoms. The van der Waals surface area contributed by atoms with Crippen LogP contribution in [-0.2, 0) is 9.53 Å². The summed E-state index contributed by atoms with van der Waals surface area (Å²) in [7, 11) is 0. The topological polar surface area (TPSA) is 61.9 Å². The number of carbonyl (C=O) groups is 2. The van der Waals surface area contributed by atoms with Gasteiger partial charge in [0.05, 0.1) is 13.2 Å². The minimum atomic E-state index is -0.0207. The highest BCUT2D eigenvalue weighted by Crippen LogP contribution is 2.39. The zero-order chi connectivity index (χ0) is 20.1. The smallest absolute Gasteiger partial charge is 0.251 e. The molecule has 4 rings (SSSR count). The van der Waals surface area contributed by atoms with Crippen molar-refractivity contribution in [1.82, 2.24) is 15.1 Å². The van der Waals surface area contributed by atoms with Gasteiger partial charge in [0.15, 0.2) is 0 Å². The molecule has 2 amide bonds. The molecule has 6 nitrogen and oxygen atoms in total. The van der Waals surface area contributed by atoms with E-state index in [4.69, 9.17) is 4.74 Å². The third-order valence-corrected chi connectivity index (χ3v) is 6.92. The lowest BCUT2D eigenvalue weighted by atomic mass is 9.89. The largest absolute Gasteiger partial charge is 0.379 e. The highest BCUT2D eigenvalue weighted by atomic mass is 16.5. The number of hydrogen-bond donors (Lipinski definition) is 1. The molecule has 0 atom stereocenters. The van der Waals surface area contributed by atoms with Gasteiger partial charge in [0, 0.05) is 49.7 Å². The summed E-state index contributed by atoms with van der Waals surface area (Å²) in [6.45, 7) is 4.92. The van der Waals surface area contributed by atoms with E-state index in [-0.39, 0.29) is 23.4 Å². The number of piperidine rings is 1. The lowest BCUT2D eigenvalue weighted by Gasteiger charge is -2.44. The lowest BCUT2D eigenvalue weighted by Crippen LogP contribution is -2.55. The van der Waals surface area contributed by atoms with Crippen LogP contribution in [0.4, 0.5) is 0 Å². The Hall–Kier alpha value is -1.92. The zero-order valence-electron chi connectivity index (χ0n) is 17.3. The second-order valence-corrected chi connectivity index (χ2v) is 8.70. The van der Waals surface area contributed by atoms with Gasteiger partial charge in [-0.2, -0.15) is 0 Å². The monoisotopic (exact) mass is 399 g/mol. The predicted molar refractivity (Wildman–Crippen MR) is 112 cm³/mol. The van der Waals surface area contributed by atoms with Gasteiger partial charge in [-0.15, -0.1) is 0 Å². The highest BCUT2D eigenvalue weighted by molar-refractivity contribution is 5.94. The zero-order valence-corrected chi connectivity index (χ0v) is 17.3. The van der Waals surface area contributed by atoms with Crippen molar-refractivity contribution in [3.05, 3.63) is 35.9 Å². The fourth-order valence-corrected chi connectivity index (χ4v) is 5.20. The van der Waals surface area contributed by atoms with Gasteiger partial charge >= 0.3 is 0 Å². The maximum atomic E-state index is 13.1. The van der Waals surface area contributed by atoms with Crippen LogP contribution in [0.1, 0.15) is 55.3 Å². The fourth-order valence-electron chi connectivity index (χ4n) is 5.20. The van der Waals surface area contributed by atoms with Crippen LogP contribution in [-0.4, -0.2) is 72.6 Å². The molecule has 1 aliphatic carbocycles. The molecule has 0 bridgehead atoms. The highest BCUT2D eigenvalue weighted by Gasteiger charge is 2.42. The van der Waals surface area contributed by atoms with Crippen LogP contribution in [0.15, 0.2) is 30.3 Å². The molecule has 29 heavy (non-hydrogen) atoms. The van der Waals surface area contributed by atoms with Crippen molar-refractivity contribution in [2.75, 3.05) is 39.4 Å². The number of likely N-dealkylation sites (tertiary alicyclic amines) is 1. The second kappa shape index (κ2) is 9.26. The van der Waals surface area contributed by atoms with Crippen LogP contribution in [0, 0.1) is 0 Å². The van der Waals surface area contributed by atoms with Gasteiger partial charge in [0.25, 0.3) is 5.91 Å². The molecule has 1 saturated carbocycles. The number of rotatable bonds is 5. The molecule has 2 saturated heterocycles. The van der Waals surface area contributed by atoms with E-state index < -0.39 is 0 Å². The van der Waals surface area contributed by atoms with Gasteiger partial charge < -0.3 is 15.0 Å². The number of morpholine rings is 1. The summed E-state index contributed by atoms with van der Waals surface area (Å²) in [6, 6.07) is 9.48. The number of amides is 2. The van der Waals surface area contributed by atoms with Crippen molar-refractivity contribution in [2.45, 2.75) is 56.5 Å². The van der Waals surface area contributed by atoms with E-state index in [1.54, 1.807) is 0 Å². The van der Waals surface area contributed by atoms with E-state index in [1.165, 1.54) is 12.8 Å². The van der Waals surface area contributed by atoms with Gasteiger partial charge in [-0.1, -0.05) is 31.0 Å². The van der Waals surface area contributed by atoms with Crippen LogP contribution in [0.2, 0.25) is 0 Å². The quantitative estimate of drug-likeness (QED) is 0.826. The third kappa shape index (κ3) is 4.81. The van der Waals surface area contributed by atoms with Crippen molar-refractivity contribution >= 4 is 11.8 Å². The molecule has 2 aliphatic heterocycles. The van der Waals surface area contributed by atoms with Gasteiger partial charge in [-0.25, -0.2) is 0 Å². The van der Waals surface area contributed by atoms with Gasteiger partial charge in [0.1, 0.15) is 0 Å². The first-order valence-electron chi connectivity index (χ1n) is 11.1. The van der Waals surface area contributed by atoms with Crippen LogP contribution in [0.3, 0.4) is 0 Å². The molecular formula is C23H33N3O3. The Bertz CT molecular complexity index is 689. The first-order chi connectivity index (χ1) is 14.2. The fraction of sp³-hybridized carbons (Fsp3) is 0.652. The molecule has 0 spiro atoms. The summed E-state index contributed by atoms with van der Waals surface area (Å²) in [4.78, 5) is 30.0. The summed E-state index contributed by atoms with van der Waals surface area (Å²) < 4.78 is 5.53. The summed E-state index contributed by atoms with van der Waals surface area (Å²) in [5, 5.41) is 3.13. The summed E-state index contributed by atoms with van der Waals surface area (Å²) in [5.74, 6) is 0.263. The summed E-state index contributed by atoms with van der Waals surface area (Å²) in [6.07, 6.45) is 6.99. The molecule has 2 heterocycles. The SMILES string of the molecule is O=C(NC1CCN(C(=O)CC2(N3CCOCC3)CCCC2)CC1)c1ccccc1. The average Bonchev–Trinajstić information content (AvgIpc) is 3.25. The molecule has 0 unspecified atom stereocenters. The standard InChI is InChI=1S/C23H33N3O3/c27-21(18-23(10-4-5-11-23)26-14-16-29-17-15-26)25-12-8-20(9-13-25)24-22(28)19-6-2-1-3-7-19/h1-3,6-7,20H,4-5,8-18H2,(H,24,28). The van der Waals surface area contributed by atoms with E-state index >= 15 is 0 Å². The van der Waals surface area contributed by atoms with Crippen molar-refractivity contribution in [1.29, 1.82) is 0 Å². The molecule has 1 aromatic rings. The molecule has 1 N–H and O–H groups in total. The number of hydrogen-bond acceptors (Lipinski definition) is 4. The van der Waals surface area contributed by atoms with E-state index in [1.807, 2.05) is 35.2 Å². The number of benzene rings is 1. The normalized spacial score (nSPS) is 23.1. The van der Waals surface area contributed by atoms with Crippen LogP contribution >= 0.6 is 0 Å². The van der Waals surface area contributed by atoms with Crippen molar-refractivity contribution in [2.24, 2.45) is 0 Å². The molecule has 1 aromatic carbocycles. The maximum absolute atomic E-state index is 13.1. The Morgan fingerprint density at radius 3 is 2.31 bits per heavy atom. The Morgan fingerprint density at radius 2 is 1.66 bits per heavy atom. The lowest BCUT2D eigenvalue weighted by molar-refractivity contribution is -0.136. The minimum absolute atomic E-state index is 0.0207. The maximum Gasteiger partial charge on any atom is 0.251 e. The number of nitrogens with zero attached hydrogens (tertiary/aromatic N) is 2. The van der Waals surface area contributed by atoms with E-state index in [9.17, 15) is 9.59 Å². The van der Waals surface area contributed by atoms with Gasteiger partial charge in [0.2, 0.25) is 5.91 Å². The van der Waals surface area contributed by atoms with E-state index in [0.29, 0.717) is 12.0 Å². The Labute approximate surface area is 173 Å². The van der Waals surface area contributed by atoms with Crippen LogP contribution < -0.4 is 5.32 Å². The molecular weight excluding hydrogens is 366 g/mol. The molecule has 158 valence electrons. The molecule has 3 aliphatic rings. The first-order valence-corrected chi connectivity index (χ1v) is 11.1. The van der Waals surface area contributed by atoms with E-state index in [2.05, 4.69) is 10.2 Å². The van der Waals surface area contributed by atoms with Crippen LogP contribution in [0.5, 0.6) is 0 Å². The predicted octanol–water partition coefficient (Wildman–Crippen LogP) is 2.44. The number of carbonyl (C=O) groups excluding carboxylic acids is 2. The van der Waals surface area contributed by atoms with Crippen molar-refractivity contribution in [3.63, 3.8) is 0 Å². The Balaban J connectivity index is 1.29. The van der Waals surface area contributed by atoms with Gasteiger partial charge in [-0.05, 0) is 37.8 Å². The number of nitrogens with one attached hydrogen (secondary N) is 1. The third-order valence-electron chi connectivity index (χ3n) is 6.92. The second-order valence-electron chi connectivity index (χ2n) is 8.70. The first kappa shape index (κ1) is 20.4. The molecule has 0 aromatic heterocycles. The summed E-state index contributed by atoms with van der Waals surface area (Å²) >= 11 is 0. The van der Waals surface area contributed by atoms with Gasteiger partial charge in [-0.3, -0.25) is 14.5 Å². The Kier molecular flexibility index (Phi) is 6.50. The van der Waals surface area contributed by atoms with Crippen molar-refractivity contribution < 1.29 is 14.3 Å². The molecule has 0 radical (unpaired) electrons. The average molecular weight is 400 g/mol. The number of ether oxygens (including phenoxy) is 1.